The highest BCUT2D eigenvalue weighted by molar-refractivity contribution is 6.23. The summed E-state index contributed by atoms with van der Waals surface area (Å²) in [5.41, 5.74) is 23.8. The molecule has 1 saturated carbocycles. The maximum atomic E-state index is 8.96. The molecule has 1 aliphatic rings. The van der Waals surface area contributed by atoms with Gasteiger partial charge in [0.05, 0.1) is 22.3 Å². The van der Waals surface area contributed by atoms with Gasteiger partial charge < -0.3 is 17.7 Å². The van der Waals surface area contributed by atoms with E-state index in [1.807, 2.05) is 84.2 Å². The first-order valence-corrected chi connectivity index (χ1v) is 38.4. The third-order valence-corrected chi connectivity index (χ3v) is 23.0. The van der Waals surface area contributed by atoms with Gasteiger partial charge in [0.2, 0.25) is 22.8 Å². The van der Waals surface area contributed by atoms with Gasteiger partial charge in [0.1, 0.15) is 72.9 Å². The average molecular weight is 1460 g/mol. The number of aryl methyl sites for hydroxylation is 10. The third kappa shape index (κ3) is 12.7. The highest BCUT2D eigenvalue weighted by Gasteiger charge is 2.26. The molecule has 0 saturated heterocycles. The fourth-order valence-electron chi connectivity index (χ4n) is 17.1. The molecule has 21 rings (SSSR count). The first-order valence-electron chi connectivity index (χ1n) is 41.9. The molecule has 0 N–H and O–H groups in total. The molecule has 111 heavy (non-hydrogen) atoms. The lowest BCUT2D eigenvalue weighted by atomic mass is 9.94. The van der Waals surface area contributed by atoms with Gasteiger partial charge in [-0.1, -0.05) is 155 Å². The standard InChI is InChI=1S/C28H26NO.C26H24NO.C25H22NO.C24H20NO/c1-18-15-24-27(30-26-12-11-20-9-5-6-10-22(20)28(24)26)17-23(18)25-16-21(13-14-29(25)2)19-7-3-4-8-19;1-16(2)19-11-12-27(4)23(14-19)21-15-25-22(13-17(21)3)26-20-8-6-5-7-18(20)9-10-24(26)28-25;1-4-17-11-12-26(3)22(14-17)20-15-24-21(13-16(20)2)25-19-8-6-5-7-18(19)9-10-23(25)27-24;1-15-10-11-25(3)21(12-15)19-14-23-20(13-16(19)2)24-18-7-5-4-6-17(18)8-9-22(24)26-23/h5-6,9-17,19H,3-4,7-8H2,1-2H3;5-16H,1-4H3;5-15H,4H2,1-3H3;4-14H,1-3H3/q4*+1/i19D;1D3,16D;4D2;. The topological polar surface area (TPSA) is 68.1 Å². The van der Waals surface area contributed by atoms with Gasteiger partial charge in [-0.25, -0.2) is 18.3 Å². The van der Waals surface area contributed by atoms with Crippen molar-refractivity contribution in [3.63, 3.8) is 0 Å². The molecule has 8 heteroatoms. The third-order valence-electron chi connectivity index (χ3n) is 23.0. The monoisotopic (exact) mass is 1460 g/mol. The summed E-state index contributed by atoms with van der Waals surface area (Å²) in [7, 11) is 8.08. The number of furan rings is 4. The van der Waals surface area contributed by atoms with Crippen molar-refractivity contribution < 1.29 is 45.5 Å². The number of pyridine rings is 4. The van der Waals surface area contributed by atoms with Crippen LogP contribution in [0, 0.1) is 34.6 Å². The zero-order valence-electron chi connectivity index (χ0n) is 71.7. The molecule has 0 bridgehead atoms. The molecule has 8 aromatic heterocycles. The van der Waals surface area contributed by atoms with E-state index >= 15 is 0 Å². The second-order valence-corrected chi connectivity index (χ2v) is 30.3. The van der Waals surface area contributed by atoms with Crippen molar-refractivity contribution in [2.75, 3.05) is 0 Å². The number of benzene rings is 12. The second-order valence-electron chi connectivity index (χ2n) is 30.3. The van der Waals surface area contributed by atoms with Crippen LogP contribution in [0.25, 0.3) is 176 Å². The van der Waals surface area contributed by atoms with Gasteiger partial charge in [-0.2, -0.15) is 0 Å². The number of aromatic nitrogens is 4. The van der Waals surface area contributed by atoms with Crippen LogP contribution in [-0.4, -0.2) is 0 Å². The molecular weight excluding hydrogens is 1360 g/mol. The normalized spacial score (nSPS) is 14.6. The molecule has 1 aliphatic carbocycles. The molecule has 0 spiro atoms. The zero-order valence-corrected chi connectivity index (χ0v) is 64.7. The van der Waals surface area contributed by atoms with E-state index in [1.54, 1.807) is 13.0 Å². The summed E-state index contributed by atoms with van der Waals surface area (Å²) in [6.45, 7) is 11.2. The Kier molecular flexibility index (Phi) is 16.0. The Hall–Kier alpha value is -12.5. The molecule has 1 fully saturated rings. The first-order chi connectivity index (χ1) is 56.5. The van der Waals surface area contributed by atoms with Crippen molar-refractivity contribution in [2.24, 2.45) is 28.2 Å². The molecule has 8 nitrogen and oxygen atoms in total. The Bertz CT molecular complexity index is 7480. The Balaban J connectivity index is 0.000000109. The fourth-order valence-corrected chi connectivity index (χ4v) is 17.1. The molecule has 0 radical (unpaired) electrons. The van der Waals surface area contributed by atoms with Crippen LogP contribution in [0.15, 0.2) is 285 Å². The fraction of sp³-hybridized carbons (Fsp3) is 0.184. The predicted octanol–water partition coefficient (Wildman–Crippen LogP) is 25.8. The largest absolute Gasteiger partial charge is 0.456 e. The van der Waals surface area contributed by atoms with Crippen molar-refractivity contribution in [3.8, 4) is 45.0 Å². The quantitative estimate of drug-likeness (QED) is 0.149. The van der Waals surface area contributed by atoms with E-state index in [1.165, 1.54) is 99.7 Å². The van der Waals surface area contributed by atoms with E-state index in [2.05, 4.69) is 258 Å². The predicted molar refractivity (Wildman–Crippen MR) is 460 cm³/mol. The van der Waals surface area contributed by atoms with Crippen molar-refractivity contribution >= 4 is 131 Å². The number of hydrogen-bond donors (Lipinski definition) is 0. The molecule has 1 atom stereocenters. The van der Waals surface area contributed by atoms with E-state index in [4.69, 9.17) is 27.3 Å². The van der Waals surface area contributed by atoms with Crippen LogP contribution in [0.2, 0.25) is 0 Å². The van der Waals surface area contributed by atoms with E-state index in [9.17, 15) is 0 Å². The summed E-state index contributed by atoms with van der Waals surface area (Å²) < 4.78 is 90.3. The molecule has 20 aromatic rings. The maximum absolute atomic E-state index is 8.96. The minimum absolute atomic E-state index is 0.445. The van der Waals surface area contributed by atoms with Crippen LogP contribution >= 0.6 is 0 Å². The summed E-state index contributed by atoms with van der Waals surface area (Å²) >= 11 is 0. The average Bonchev–Trinajstić information content (AvgIpc) is 1.59. The number of hydrogen-bond acceptors (Lipinski definition) is 4. The maximum Gasteiger partial charge on any atom is 0.212 e. The van der Waals surface area contributed by atoms with Crippen LogP contribution in [0.5, 0.6) is 0 Å². The Morgan fingerprint density at radius 2 is 0.703 bits per heavy atom. The Labute approximate surface area is 657 Å². The lowest BCUT2D eigenvalue weighted by Gasteiger charge is -2.11. The van der Waals surface area contributed by atoms with Gasteiger partial charge in [-0.15, -0.1) is 0 Å². The zero-order chi connectivity index (χ0) is 82.2. The minimum atomic E-state index is -2.43. The molecule has 0 aliphatic heterocycles. The lowest BCUT2D eigenvalue weighted by molar-refractivity contribution is -0.660. The highest BCUT2D eigenvalue weighted by Crippen LogP contribution is 2.44. The first kappa shape index (κ1) is 62.4. The van der Waals surface area contributed by atoms with Crippen LogP contribution in [-0.2, 0) is 34.6 Å². The van der Waals surface area contributed by atoms with Crippen molar-refractivity contribution in [1.82, 2.24) is 0 Å². The number of rotatable bonds is 7. The molecule has 8 heterocycles. The lowest BCUT2D eigenvalue weighted by Crippen LogP contribution is -2.31. The van der Waals surface area contributed by atoms with Gasteiger partial charge in [0.15, 0.2) is 24.8 Å². The van der Waals surface area contributed by atoms with Crippen LogP contribution in [0.1, 0.15) is 112 Å². The molecule has 1 unspecified atom stereocenters. The smallest absolute Gasteiger partial charge is 0.212 e. The van der Waals surface area contributed by atoms with E-state index in [0.717, 1.165) is 142 Å². The molecule has 12 aromatic carbocycles. The van der Waals surface area contributed by atoms with Gasteiger partial charge in [0, 0.05) is 101 Å². The van der Waals surface area contributed by atoms with Crippen LogP contribution < -0.4 is 18.3 Å². The van der Waals surface area contributed by atoms with Crippen molar-refractivity contribution in [1.29, 1.82) is 0 Å². The van der Waals surface area contributed by atoms with Gasteiger partial charge in [0.25, 0.3) is 0 Å². The Morgan fingerprint density at radius 3 is 1.08 bits per heavy atom. The summed E-state index contributed by atoms with van der Waals surface area (Å²) in [5.74, 6) is -2.15. The summed E-state index contributed by atoms with van der Waals surface area (Å²) in [4.78, 5) is 0. The number of nitrogens with zero attached hydrogens (tertiary/aromatic N) is 4. The summed E-state index contributed by atoms with van der Waals surface area (Å²) in [6.07, 6.45) is 10.8. The summed E-state index contributed by atoms with van der Waals surface area (Å²) in [6, 6.07) is 83.7. The van der Waals surface area contributed by atoms with Crippen molar-refractivity contribution in [2.45, 2.75) is 99.2 Å². The number of fused-ring (bicyclic) bond motifs is 20. The Morgan fingerprint density at radius 1 is 0.369 bits per heavy atom. The SMILES string of the molecule is Cc1cc[n+](C)c(-c2cc3oc4ccc5ccccc5c4c3cc2C)c1.[2H]C([2H])(C)c1cc[n+](C)c(-c2cc3oc4ccc5ccccc5c4c3cc2C)c1.[2H]C([2H])([2H])C([2H])(C)c1cc[n+](C)c(-c2cc3oc4ccc5ccccc5c4c3cc2C)c1.[2H]C1(c2cc[n+](C)c(-c3cc4oc5ccc6ccccc6c5c4cc3C)c2)CCCC1. The van der Waals surface area contributed by atoms with E-state index in [0.29, 0.717) is 11.1 Å². The second kappa shape index (κ2) is 28.5. The highest BCUT2D eigenvalue weighted by atomic mass is 16.3. The van der Waals surface area contributed by atoms with Crippen LogP contribution in [0.3, 0.4) is 0 Å². The summed E-state index contributed by atoms with van der Waals surface area (Å²) in [5, 5.41) is 18.9. The van der Waals surface area contributed by atoms with Gasteiger partial charge in [-0.05, 0) is 226 Å². The molecular formula is C103H92N4O4+4. The molecule has 0 amide bonds. The van der Waals surface area contributed by atoms with E-state index < -0.39 is 25.0 Å². The molecule has 544 valence electrons. The van der Waals surface area contributed by atoms with Gasteiger partial charge in [-0.3, -0.25) is 0 Å². The van der Waals surface area contributed by atoms with E-state index in [-0.39, 0.29) is 0 Å². The van der Waals surface area contributed by atoms with Crippen LogP contribution in [0.4, 0.5) is 0 Å². The van der Waals surface area contributed by atoms with Crippen molar-refractivity contribution in [3.05, 3.63) is 312 Å². The minimum Gasteiger partial charge on any atom is -0.456 e. The van der Waals surface area contributed by atoms with Gasteiger partial charge >= 0.3 is 0 Å².